The van der Waals surface area contributed by atoms with Crippen molar-refractivity contribution < 1.29 is 14.3 Å². The molecule has 0 radical (unpaired) electrons. The van der Waals surface area contributed by atoms with E-state index in [2.05, 4.69) is 52.8 Å². The van der Waals surface area contributed by atoms with Gasteiger partial charge in [-0.05, 0) is 48.1 Å². The fourth-order valence-electron chi connectivity index (χ4n) is 4.67. The Labute approximate surface area is 145 Å². The van der Waals surface area contributed by atoms with Gasteiger partial charge < -0.3 is 9.47 Å². The Balaban J connectivity index is 2.03. The maximum Gasteiger partial charge on any atom is 0.311 e. The molecule has 0 aromatic heterocycles. The molecule has 0 bridgehead atoms. The largest absolute Gasteiger partial charge is 0.469 e. The highest BCUT2D eigenvalue weighted by atomic mass is 16.5. The lowest BCUT2D eigenvalue weighted by atomic mass is 9.60. The van der Waals surface area contributed by atoms with Crippen molar-refractivity contribution >= 4 is 5.97 Å². The number of hydrogen-bond donors (Lipinski definition) is 0. The summed E-state index contributed by atoms with van der Waals surface area (Å²) in [4.78, 5) is 12.4. The first kappa shape index (κ1) is 17.5. The fourth-order valence-corrected chi connectivity index (χ4v) is 4.67. The van der Waals surface area contributed by atoms with Crippen LogP contribution in [0.2, 0.25) is 0 Å². The van der Waals surface area contributed by atoms with E-state index in [1.807, 2.05) is 0 Å². The molecule has 1 aliphatic carbocycles. The number of methoxy groups -OCH3 is 1. The summed E-state index contributed by atoms with van der Waals surface area (Å²) >= 11 is 0. The van der Waals surface area contributed by atoms with Crippen LogP contribution in [0.4, 0.5) is 0 Å². The van der Waals surface area contributed by atoms with Gasteiger partial charge in [0.1, 0.15) is 0 Å². The number of aryl methyl sites for hydroxylation is 1. The first-order chi connectivity index (χ1) is 11.2. The topological polar surface area (TPSA) is 35.5 Å². The molecule has 0 spiro atoms. The van der Waals surface area contributed by atoms with E-state index in [0.717, 1.165) is 12.8 Å². The van der Waals surface area contributed by atoms with Crippen molar-refractivity contribution in [2.75, 3.05) is 7.11 Å². The van der Waals surface area contributed by atoms with Crippen LogP contribution in [-0.2, 0) is 20.7 Å². The molecule has 1 fully saturated rings. The van der Waals surface area contributed by atoms with Gasteiger partial charge in [0, 0.05) is 0 Å². The molecule has 1 saturated heterocycles. The monoisotopic (exact) mass is 330 g/mol. The smallest absolute Gasteiger partial charge is 0.311 e. The summed E-state index contributed by atoms with van der Waals surface area (Å²) in [6.45, 7) is 11.0. The summed E-state index contributed by atoms with van der Waals surface area (Å²) < 4.78 is 11.7. The molecule has 1 heterocycles. The summed E-state index contributed by atoms with van der Waals surface area (Å²) in [6, 6.07) is 6.72. The van der Waals surface area contributed by atoms with Crippen LogP contribution in [0.25, 0.3) is 0 Å². The van der Waals surface area contributed by atoms with Crippen LogP contribution in [0.1, 0.15) is 56.9 Å². The predicted molar refractivity (Wildman–Crippen MR) is 94.7 cm³/mol. The molecule has 1 aliphatic heterocycles. The minimum absolute atomic E-state index is 0.0805. The first-order valence-corrected chi connectivity index (χ1v) is 9.07. The maximum absolute atomic E-state index is 12.4. The van der Waals surface area contributed by atoms with Crippen LogP contribution in [0.3, 0.4) is 0 Å². The SMILES string of the molecule is COC(=O)[C@@H]1C[C@H]2[C@H](O[C@H]1C(C)C)c1cc(C)ccc1CC2(C)C. The molecular formula is C21H30O3. The molecule has 132 valence electrons. The van der Waals surface area contributed by atoms with Gasteiger partial charge in [0.2, 0.25) is 0 Å². The van der Waals surface area contributed by atoms with Crippen LogP contribution in [-0.4, -0.2) is 19.2 Å². The van der Waals surface area contributed by atoms with Crippen LogP contribution in [0.15, 0.2) is 18.2 Å². The third-order valence-electron chi connectivity index (χ3n) is 5.99. The van der Waals surface area contributed by atoms with Gasteiger partial charge in [0.15, 0.2) is 0 Å². The molecule has 0 amide bonds. The Kier molecular flexibility index (Phi) is 4.50. The third kappa shape index (κ3) is 2.88. The Morgan fingerprint density at radius 1 is 1.33 bits per heavy atom. The highest BCUT2D eigenvalue weighted by molar-refractivity contribution is 5.73. The fraction of sp³-hybridized carbons (Fsp3) is 0.667. The molecule has 1 aromatic rings. The number of hydrogen-bond acceptors (Lipinski definition) is 3. The van der Waals surface area contributed by atoms with Gasteiger partial charge in [-0.1, -0.05) is 51.5 Å². The van der Waals surface area contributed by atoms with Crippen molar-refractivity contribution in [3.8, 4) is 0 Å². The normalized spacial score (nSPS) is 31.3. The second-order valence-electron chi connectivity index (χ2n) is 8.60. The van der Waals surface area contributed by atoms with E-state index in [1.54, 1.807) is 0 Å². The highest BCUT2D eigenvalue weighted by Gasteiger charge is 2.51. The van der Waals surface area contributed by atoms with E-state index in [1.165, 1.54) is 23.8 Å². The van der Waals surface area contributed by atoms with Gasteiger partial charge in [-0.15, -0.1) is 0 Å². The number of esters is 1. The van der Waals surface area contributed by atoms with E-state index in [9.17, 15) is 4.79 Å². The van der Waals surface area contributed by atoms with E-state index < -0.39 is 0 Å². The summed E-state index contributed by atoms with van der Waals surface area (Å²) in [5.74, 6) is 0.333. The summed E-state index contributed by atoms with van der Waals surface area (Å²) in [5, 5.41) is 0. The average Bonchev–Trinajstić information content (AvgIpc) is 2.53. The summed E-state index contributed by atoms with van der Waals surface area (Å²) in [6.07, 6.45) is 1.88. The lowest BCUT2D eigenvalue weighted by molar-refractivity contribution is -0.187. The van der Waals surface area contributed by atoms with E-state index in [4.69, 9.17) is 9.47 Å². The number of carbonyl (C=O) groups excluding carboxylic acids is 1. The van der Waals surface area contributed by atoms with Crippen LogP contribution < -0.4 is 0 Å². The van der Waals surface area contributed by atoms with Crippen molar-refractivity contribution in [1.82, 2.24) is 0 Å². The Hall–Kier alpha value is -1.35. The third-order valence-corrected chi connectivity index (χ3v) is 5.99. The molecule has 0 unspecified atom stereocenters. The number of fused-ring (bicyclic) bond motifs is 3. The van der Waals surface area contributed by atoms with Crippen molar-refractivity contribution in [2.24, 2.45) is 23.2 Å². The van der Waals surface area contributed by atoms with Gasteiger partial charge >= 0.3 is 5.97 Å². The number of rotatable bonds is 2. The molecule has 4 atom stereocenters. The van der Waals surface area contributed by atoms with Crippen molar-refractivity contribution in [3.05, 3.63) is 34.9 Å². The molecule has 24 heavy (non-hydrogen) atoms. The van der Waals surface area contributed by atoms with Gasteiger partial charge in [0.05, 0.1) is 25.2 Å². The quantitative estimate of drug-likeness (QED) is 0.751. The van der Waals surface area contributed by atoms with Gasteiger partial charge in [0.25, 0.3) is 0 Å². The number of benzene rings is 1. The standard InChI is InChI=1S/C21H30O3/c1-12(2)18-16(20(22)23-6)10-17-19(24-18)15-9-13(3)7-8-14(15)11-21(17,4)5/h7-9,12,16-19H,10-11H2,1-6H3/t16-,17+,18+,19-/m1/s1. The zero-order valence-electron chi connectivity index (χ0n) is 15.8. The minimum Gasteiger partial charge on any atom is -0.469 e. The van der Waals surface area contributed by atoms with Gasteiger partial charge in [-0.2, -0.15) is 0 Å². The number of carbonyl (C=O) groups is 1. The first-order valence-electron chi connectivity index (χ1n) is 9.07. The molecule has 2 aliphatic rings. The van der Waals surface area contributed by atoms with Crippen LogP contribution >= 0.6 is 0 Å². The van der Waals surface area contributed by atoms with E-state index in [0.29, 0.717) is 5.92 Å². The van der Waals surface area contributed by atoms with Crippen molar-refractivity contribution in [1.29, 1.82) is 0 Å². The molecular weight excluding hydrogens is 300 g/mol. The molecule has 3 heteroatoms. The van der Waals surface area contributed by atoms with Crippen LogP contribution in [0, 0.1) is 30.1 Å². The number of ether oxygens (including phenoxy) is 2. The Morgan fingerprint density at radius 2 is 2.04 bits per heavy atom. The second kappa shape index (κ2) is 6.18. The zero-order valence-corrected chi connectivity index (χ0v) is 15.8. The molecule has 3 nitrogen and oxygen atoms in total. The van der Waals surface area contributed by atoms with Crippen molar-refractivity contribution in [2.45, 2.75) is 59.7 Å². The summed E-state index contributed by atoms with van der Waals surface area (Å²) in [7, 11) is 1.48. The second-order valence-corrected chi connectivity index (χ2v) is 8.60. The molecule has 1 aromatic carbocycles. The highest BCUT2D eigenvalue weighted by Crippen LogP contribution is 2.54. The predicted octanol–water partition coefficient (Wildman–Crippen LogP) is 4.47. The summed E-state index contributed by atoms with van der Waals surface area (Å²) in [5.41, 5.74) is 4.10. The maximum atomic E-state index is 12.4. The zero-order chi connectivity index (χ0) is 17.6. The van der Waals surface area contributed by atoms with Gasteiger partial charge in [-0.25, -0.2) is 0 Å². The minimum atomic E-state index is -0.165. The average molecular weight is 330 g/mol. The van der Waals surface area contributed by atoms with Crippen LogP contribution in [0.5, 0.6) is 0 Å². The van der Waals surface area contributed by atoms with E-state index >= 15 is 0 Å². The van der Waals surface area contributed by atoms with Crippen molar-refractivity contribution in [3.63, 3.8) is 0 Å². The lowest BCUT2D eigenvalue weighted by Crippen LogP contribution is -2.49. The molecule has 0 N–H and O–H groups in total. The molecule has 0 saturated carbocycles. The lowest BCUT2D eigenvalue weighted by Gasteiger charge is -2.51. The van der Waals surface area contributed by atoms with E-state index in [-0.39, 0.29) is 35.4 Å². The van der Waals surface area contributed by atoms with Gasteiger partial charge in [-0.3, -0.25) is 4.79 Å². The molecule has 3 rings (SSSR count). The Morgan fingerprint density at radius 3 is 2.67 bits per heavy atom. The Bertz CT molecular complexity index is 632.